The Bertz CT molecular complexity index is 362. The van der Waals surface area contributed by atoms with Crippen molar-refractivity contribution in [3.05, 3.63) is 34.7 Å². The van der Waals surface area contributed by atoms with E-state index in [0.717, 1.165) is 23.9 Å². The van der Waals surface area contributed by atoms with Crippen LogP contribution in [-0.2, 0) is 14.3 Å². The van der Waals surface area contributed by atoms with Gasteiger partial charge in [-0.15, -0.1) is 0 Å². The SMILES string of the molecule is C=O.CC.CC(C)(C)OC1=CCC=C2SCOC2=C1. The third kappa shape index (κ3) is 6.53. The van der Waals surface area contributed by atoms with Gasteiger partial charge < -0.3 is 14.3 Å². The van der Waals surface area contributed by atoms with Crippen molar-refractivity contribution in [3.63, 3.8) is 0 Å². The van der Waals surface area contributed by atoms with Crippen LogP contribution in [0, 0.1) is 0 Å². The molecule has 4 heteroatoms. The van der Waals surface area contributed by atoms with Crippen LogP contribution >= 0.6 is 11.8 Å². The highest BCUT2D eigenvalue weighted by atomic mass is 32.2. The molecule has 0 atom stereocenters. The summed E-state index contributed by atoms with van der Waals surface area (Å²) in [6.07, 6.45) is 7.18. The number of hydrogen-bond donors (Lipinski definition) is 0. The Morgan fingerprint density at radius 1 is 1.26 bits per heavy atom. The first-order valence-electron chi connectivity index (χ1n) is 6.40. The summed E-state index contributed by atoms with van der Waals surface area (Å²) in [5.41, 5.74) is -0.154. The van der Waals surface area contributed by atoms with E-state index in [-0.39, 0.29) is 5.60 Å². The fourth-order valence-electron chi connectivity index (χ4n) is 1.47. The van der Waals surface area contributed by atoms with Gasteiger partial charge in [0.25, 0.3) is 0 Å². The van der Waals surface area contributed by atoms with Crippen LogP contribution in [0.25, 0.3) is 0 Å². The van der Waals surface area contributed by atoms with Crippen LogP contribution in [0.3, 0.4) is 0 Å². The molecule has 0 amide bonds. The third-order valence-corrected chi connectivity index (χ3v) is 2.91. The Balaban J connectivity index is 0.000000741. The molecule has 0 radical (unpaired) electrons. The summed E-state index contributed by atoms with van der Waals surface area (Å²) in [7, 11) is 0. The molecule has 2 rings (SSSR count). The largest absolute Gasteiger partial charge is 0.488 e. The zero-order valence-corrected chi connectivity index (χ0v) is 13.3. The van der Waals surface area contributed by atoms with E-state index in [9.17, 15) is 0 Å². The maximum absolute atomic E-state index is 8.00. The number of carbonyl (C=O) groups excluding carboxylic acids is 1. The summed E-state index contributed by atoms with van der Waals surface area (Å²) < 4.78 is 11.3. The first kappa shape index (κ1) is 17.8. The lowest BCUT2D eigenvalue weighted by atomic mass is 10.2. The fraction of sp³-hybridized carbons (Fsp3) is 0.533. The summed E-state index contributed by atoms with van der Waals surface area (Å²) >= 11 is 1.74. The van der Waals surface area contributed by atoms with Gasteiger partial charge >= 0.3 is 0 Å². The highest BCUT2D eigenvalue weighted by Crippen LogP contribution is 2.36. The monoisotopic (exact) mass is 284 g/mol. The summed E-state index contributed by atoms with van der Waals surface area (Å²) in [6.45, 7) is 12.2. The molecule has 1 aliphatic carbocycles. The van der Waals surface area contributed by atoms with E-state index in [1.807, 2.05) is 26.7 Å². The van der Waals surface area contributed by atoms with Gasteiger partial charge in [0.1, 0.15) is 29.8 Å². The third-order valence-electron chi connectivity index (χ3n) is 1.99. The van der Waals surface area contributed by atoms with Crippen molar-refractivity contribution >= 4 is 18.6 Å². The van der Waals surface area contributed by atoms with E-state index in [1.165, 1.54) is 4.91 Å². The Labute approximate surface area is 120 Å². The van der Waals surface area contributed by atoms with Crippen molar-refractivity contribution in [3.8, 4) is 0 Å². The lowest BCUT2D eigenvalue weighted by molar-refractivity contribution is -0.0979. The van der Waals surface area contributed by atoms with Crippen LogP contribution in [0.4, 0.5) is 0 Å². The average Bonchev–Trinajstić information content (AvgIpc) is 2.72. The second-order valence-corrected chi connectivity index (χ2v) is 5.50. The van der Waals surface area contributed by atoms with E-state index in [0.29, 0.717) is 0 Å². The van der Waals surface area contributed by atoms with Crippen molar-refractivity contribution in [1.82, 2.24) is 0 Å². The van der Waals surface area contributed by atoms with Gasteiger partial charge in [0.2, 0.25) is 0 Å². The number of carbonyl (C=O) groups is 1. The van der Waals surface area contributed by atoms with Gasteiger partial charge in [-0.05, 0) is 33.3 Å². The van der Waals surface area contributed by atoms with Crippen molar-refractivity contribution in [2.24, 2.45) is 0 Å². The minimum atomic E-state index is -0.154. The molecule has 0 N–H and O–H groups in total. The van der Waals surface area contributed by atoms with E-state index in [1.54, 1.807) is 11.8 Å². The van der Waals surface area contributed by atoms with Gasteiger partial charge in [-0.2, -0.15) is 0 Å². The van der Waals surface area contributed by atoms with Gasteiger partial charge in [-0.1, -0.05) is 31.7 Å². The molecular formula is C15H24O3S. The molecule has 1 saturated heterocycles. The van der Waals surface area contributed by atoms with E-state index in [4.69, 9.17) is 14.3 Å². The molecule has 108 valence electrons. The molecule has 0 spiro atoms. The molecule has 0 aromatic heterocycles. The van der Waals surface area contributed by atoms with E-state index < -0.39 is 0 Å². The van der Waals surface area contributed by atoms with Crippen molar-refractivity contribution in [1.29, 1.82) is 0 Å². The van der Waals surface area contributed by atoms with Crippen molar-refractivity contribution in [2.75, 3.05) is 5.94 Å². The molecule has 2 aliphatic rings. The highest BCUT2D eigenvalue weighted by molar-refractivity contribution is 8.03. The molecule has 1 heterocycles. The Morgan fingerprint density at radius 2 is 1.89 bits per heavy atom. The molecule has 0 aromatic rings. The lowest BCUT2D eigenvalue weighted by Crippen LogP contribution is -2.18. The smallest absolute Gasteiger partial charge is 0.138 e. The standard InChI is InChI=1S/C12H16O2S.C2H6.CH2O/c1-12(2,3)14-9-5-4-6-11-10(7-9)13-8-15-11;2*1-2/h5-7H,4,8H2,1-3H3;1-2H3;1H2. The minimum Gasteiger partial charge on any atom is -0.488 e. The molecule has 0 saturated carbocycles. The second kappa shape index (κ2) is 8.86. The normalized spacial score (nSPS) is 16.8. The summed E-state index contributed by atoms with van der Waals surface area (Å²) in [5.74, 6) is 2.58. The second-order valence-electron chi connectivity index (χ2n) is 4.54. The minimum absolute atomic E-state index is 0.154. The van der Waals surface area contributed by atoms with Crippen LogP contribution in [0.2, 0.25) is 0 Å². The number of fused-ring (bicyclic) bond motifs is 1. The highest BCUT2D eigenvalue weighted by Gasteiger charge is 2.20. The van der Waals surface area contributed by atoms with Crippen molar-refractivity contribution < 1.29 is 14.3 Å². The molecular weight excluding hydrogens is 260 g/mol. The number of allylic oxidation sites excluding steroid dienone is 3. The molecule has 0 unspecified atom stereocenters. The van der Waals surface area contributed by atoms with E-state index in [2.05, 4.69) is 32.9 Å². The van der Waals surface area contributed by atoms with Crippen molar-refractivity contribution in [2.45, 2.75) is 46.6 Å². The van der Waals surface area contributed by atoms with Gasteiger partial charge in [-0.25, -0.2) is 0 Å². The maximum Gasteiger partial charge on any atom is 0.138 e. The number of rotatable bonds is 1. The molecule has 3 nitrogen and oxygen atoms in total. The summed E-state index contributed by atoms with van der Waals surface area (Å²) in [6, 6.07) is 0. The summed E-state index contributed by atoms with van der Waals surface area (Å²) in [5, 5.41) is 0. The van der Waals surface area contributed by atoms with E-state index >= 15 is 0 Å². The van der Waals surface area contributed by atoms with Gasteiger partial charge in [-0.3, -0.25) is 0 Å². The Hall–Kier alpha value is -1.16. The van der Waals surface area contributed by atoms with Crippen LogP contribution in [0.1, 0.15) is 41.0 Å². The Morgan fingerprint density at radius 3 is 2.47 bits per heavy atom. The first-order valence-corrected chi connectivity index (χ1v) is 7.39. The topological polar surface area (TPSA) is 35.5 Å². The summed E-state index contributed by atoms with van der Waals surface area (Å²) in [4.78, 5) is 9.23. The maximum atomic E-state index is 8.00. The number of hydrogen-bond acceptors (Lipinski definition) is 4. The molecule has 0 aromatic carbocycles. The van der Waals surface area contributed by atoms with Gasteiger partial charge in [0.05, 0.1) is 0 Å². The quantitative estimate of drug-likeness (QED) is 0.714. The lowest BCUT2D eigenvalue weighted by Gasteiger charge is -2.21. The van der Waals surface area contributed by atoms with Crippen LogP contribution in [0.15, 0.2) is 34.7 Å². The number of ether oxygens (including phenoxy) is 2. The molecule has 1 fully saturated rings. The molecule has 19 heavy (non-hydrogen) atoms. The predicted molar refractivity (Wildman–Crippen MR) is 81.7 cm³/mol. The predicted octanol–water partition coefficient (Wildman–Crippen LogP) is 4.42. The number of thioether (sulfide) groups is 1. The van der Waals surface area contributed by atoms with Gasteiger partial charge in [0.15, 0.2) is 0 Å². The zero-order valence-electron chi connectivity index (χ0n) is 12.5. The molecule has 1 aliphatic heterocycles. The van der Waals surface area contributed by atoms with Crippen LogP contribution < -0.4 is 0 Å². The molecule has 0 bridgehead atoms. The average molecular weight is 284 g/mol. The van der Waals surface area contributed by atoms with Gasteiger partial charge in [0, 0.05) is 11.0 Å². The van der Waals surface area contributed by atoms with Crippen LogP contribution in [0.5, 0.6) is 0 Å². The first-order chi connectivity index (χ1) is 9.04. The zero-order chi connectivity index (χ0) is 14.9. The fourth-order valence-corrected chi connectivity index (χ4v) is 2.25. The van der Waals surface area contributed by atoms with Crippen LogP contribution in [-0.4, -0.2) is 18.3 Å². The Kier molecular flexibility index (Phi) is 8.32.